The predicted molar refractivity (Wildman–Crippen MR) is 73.1 cm³/mol. The fourth-order valence-corrected chi connectivity index (χ4v) is 1.76. The van der Waals surface area contributed by atoms with Gasteiger partial charge in [-0.05, 0) is 19.5 Å². The molecule has 1 atom stereocenters. The molecule has 1 aromatic carbocycles. The molecule has 1 unspecified atom stereocenters. The normalized spacial score (nSPS) is 12.0. The highest BCUT2D eigenvalue weighted by Crippen LogP contribution is 2.35. The second-order valence-corrected chi connectivity index (χ2v) is 4.41. The molecule has 0 aromatic heterocycles. The van der Waals surface area contributed by atoms with Crippen molar-refractivity contribution in [2.45, 2.75) is 26.5 Å². The fourth-order valence-electron chi connectivity index (χ4n) is 1.53. The average Bonchev–Trinajstić information content (AvgIpc) is 2.37. The minimum atomic E-state index is -1.04. The Kier molecular flexibility index (Phi) is 5.92. The summed E-state index contributed by atoms with van der Waals surface area (Å²) in [6, 6.07) is 3.33. The number of methoxy groups -OCH3 is 1. The molecule has 0 aliphatic carbocycles. The topological polar surface area (TPSA) is 67.8 Å². The zero-order valence-electron chi connectivity index (χ0n) is 11.2. The fraction of sp³-hybridized carbons (Fsp3) is 0.462. The molecule has 1 aromatic rings. The lowest BCUT2D eigenvalue weighted by Gasteiger charge is -2.18. The summed E-state index contributed by atoms with van der Waals surface area (Å²) in [5.74, 6) is -0.206. The van der Waals surface area contributed by atoms with Crippen molar-refractivity contribution in [3.8, 4) is 11.5 Å². The van der Waals surface area contributed by atoms with Gasteiger partial charge >= 0.3 is 5.97 Å². The molecule has 0 saturated carbocycles. The molecule has 0 fully saturated rings. The van der Waals surface area contributed by atoms with Gasteiger partial charge in [0, 0.05) is 23.2 Å². The molecule has 106 valence electrons. The number of carbonyl (C=O) groups is 1. The predicted octanol–water partition coefficient (Wildman–Crippen LogP) is 2.31. The maximum Gasteiger partial charge on any atom is 0.344 e. The van der Waals surface area contributed by atoms with Crippen LogP contribution in [-0.2, 0) is 11.3 Å². The van der Waals surface area contributed by atoms with E-state index in [1.165, 1.54) is 14.0 Å². The number of nitrogens with one attached hydrogen (secondary N) is 1. The van der Waals surface area contributed by atoms with Gasteiger partial charge in [-0.1, -0.05) is 18.5 Å². The van der Waals surface area contributed by atoms with Crippen LogP contribution >= 0.6 is 11.6 Å². The molecular weight excluding hydrogens is 270 g/mol. The van der Waals surface area contributed by atoms with E-state index in [1.54, 1.807) is 12.1 Å². The minimum absolute atomic E-state index is 0.405. The number of hydrogen-bond donors (Lipinski definition) is 2. The Morgan fingerprint density at radius 3 is 2.74 bits per heavy atom. The molecule has 6 heteroatoms. The van der Waals surface area contributed by atoms with Crippen LogP contribution in [0.15, 0.2) is 12.1 Å². The van der Waals surface area contributed by atoms with Crippen molar-refractivity contribution in [2.24, 2.45) is 0 Å². The molecule has 5 nitrogen and oxygen atoms in total. The molecule has 0 aliphatic heterocycles. The van der Waals surface area contributed by atoms with Crippen molar-refractivity contribution in [2.75, 3.05) is 13.7 Å². The summed E-state index contributed by atoms with van der Waals surface area (Å²) in [4.78, 5) is 10.9. The van der Waals surface area contributed by atoms with Crippen LogP contribution in [0.1, 0.15) is 19.4 Å². The molecule has 0 amide bonds. The van der Waals surface area contributed by atoms with E-state index in [-0.39, 0.29) is 0 Å². The number of aliphatic carboxylic acids is 1. The Bertz CT molecular complexity index is 451. The largest absolute Gasteiger partial charge is 0.493 e. The second kappa shape index (κ2) is 7.21. The van der Waals surface area contributed by atoms with Crippen LogP contribution in [0, 0.1) is 0 Å². The maximum absolute atomic E-state index is 10.9. The number of carboxylic acid groups (broad SMARTS) is 1. The standard InChI is InChI=1S/C13H18ClNO4/c1-4-15-7-9-5-10(14)6-11(18-3)12(9)19-8(2)13(16)17/h5-6,8,15H,4,7H2,1-3H3,(H,16,17). The number of ether oxygens (including phenoxy) is 2. The number of rotatable bonds is 7. The van der Waals surface area contributed by atoms with Gasteiger partial charge < -0.3 is 19.9 Å². The summed E-state index contributed by atoms with van der Waals surface area (Å²) >= 11 is 6.00. The lowest BCUT2D eigenvalue weighted by Crippen LogP contribution is -2.24. The SMILES string of the molecule is CCNCc1cc(Cl)cc(OC)c1OC(C)C(=O)O. The Labute approximate surface area is 117 Å². The average molecular weight is 288 g/mol. The number of hydrogen-bond acceptors (Lipinski definition) is 4. The zero-order valence-corrected chi connectivity index (χ0v) is 12.0. The molecule has 2 N–H and O–H groups in total. The molecule has 1 rings (SSSR count). The summed E-state index contributed by atoms with van der Waals surface area (Å²) in [6.07, 6.45) is -0.963. The summed E-state index contributed by atoms with van der Waals surface area (Å²) in [5.41, 5.74) is 0.763. The second-order valence-electron chi connectivity index (χ2n) is 3.97. The third-order valence-electron chi connectivity index (χ3n) is 2.52. The van der Waals surface area contributed by atoms with Gasteiger partial charge in [-0.2, -0.15) is 0 Å². The van der Waals surface area contributed by atoms with Crippen molar-refractivity contribution >= 4 is 17.6 Å². The molecule has 0 heterocycles. The Balaban J connectivity index is 3.11. The van der Waals surface area contributed by atoms with Crippen LogP contribution in [0.5, 0.6) is 11.5 Å². The molecule has 0 saturated heterocycles. The number of benzene rings is 1. The molecule has 0 bridgehead atoms. The molecule has 19 heavy (non-hydrogen) atoms. The molecule has 0 aliphatic rings. The van der Waals surface area contributed by atoms with Crippen molar-refractivity contribution in [3.63, 3.8) is 0 Å². The van der Waals surface area contributed by atoms with Crippen molar-refractivity contribution in [1.29, 1.82) is 0 Å². The summed E-state index contributed by atoms with van der Waals surface area (Å²) in [6.45, 7) is 4.74. The quantitative estimate of drug-likeness (QED) is 0.805. The van der Waals surface area contributed by atoms with E-state index in [0.717, 1.165) is 12.1 Å². The summed E-state index contributed by atoms with van der Waals surface area (Å²) < 4.78 is 10.7. The number of halogens is 1. The first-order valence-corrected chi connectivity index (χ1v) is 6.34. The smallest absolute Gasteiger partial charge is 0.344 e. The lowest BCUT2D eigenvalue weighted by atomic mass is 10.1. The van der Waals surface area contributed by atoms with Gasteiger partial charge in [0.05, 0.1) is 7.11 Å². The van der Waals surface area contributed by atoms with E-state index < -0.39 is 12.1 Å². The van der Waals surface area contributed by atoms with Gasteiger partial charge in [0.15, 0.2) is 17.6 Å². The van der Waals surface area contributed by atoms with Gasteiger partial charge in [0.25, 0.3) is 0 Å². The van der Waals surface area contributed by atoms with Gasteiger partial charge in [-0.3, -0.25) is 0 Å². The minimum Gasteiger partial charge on any atom is -0.493 e. The molecule has 0 radical (unpaired) electrons. The Morgan fingerprint density at radius 1 is 1.53 bits per heavy atom. The van der Waals surface area contributed by atoms with E-state index in [2.05, 4.69) is 5.32 Å². The van der Waals surface area contributed by atoms with Crippen LogP contribution in [0.25, 0.3) is 0 Å². The van der Waals surface area contributed by atoms with Crippen molar-refractivity contribution in [1.82, 2.24) is 5.32 Å². The first-order chi connectivity index (χ1) is 8.99. The summed E-state index contributed by atoms with van der Waals surface area (Å²) in [5, 5.41) is 12.6. The van der Waals surface area contributed by atoms with Crippen LogP contribution in [-0.4, -0.2) is 30.8 Å². The monoisotopic (exact) mass is 287 g/mol. The molecule has 0 spiro atoms. The van der Waals surface area contributed by atoms with Crippen molar-refractivity contribution < 1.29 is 19.4 Å². The van der Waals surface area contributed by atoms with E-state index >= 15 is 0 Å². The van der Waals surface area contributed by atoms with Crippen LogP contribution in [0.3, 0.4) is 0 Å². The first-order valence-electron chi connectivity index (χ1n) is 5.96. The number of carboxylic acids is 1. The van der Waals surface area contributed by atoms with E-state index in [0.29, 0.717) is 23.1 Å². The van der Waals surface area contributed by atoms with Crippen LogP contribution in [0.2, 0.25) is 5.02 Å². The van der Waals surface area contributed by atoms with Crippen molar-refractivity contribution in [3.05, 3.63) is 22.7 Å². The van der Waals surface area contributed by atoms with Gasteiger partial charge in [-0.15, -0.1) is 0 Å². The van der Waals surface area contributed by atoms with E-state index in [1.807, 2.05) is 6.92 Å². The highest BCUT2D eigenvalue weighted by molar-refractivity contribution is 6.30. The van der Waals surface area contributed by atoms with Gasteiger partial charge in [0.1, 0.15) is 0 Å². The highest BCUT2D eigenvalue weighted by atomic mass is 35.5. The van der Waals surface area contributed by atoms with Crippen LogP contribution in [0.4, 0.5) is 0 Å². The van der Waals surface area contributed by atoms with Gasteiger partial charge in [0.2, 0.25) is 0 Å². The molecular formula is C13H18ClNO4. The maximum atomic E-state index is 10.9. The Hall–Kier alpha value is -1.46. The first kappa shape index (κ1) is 15.6. The van der Waals surface area contributed by atoms with E-state index in [9.17, 15) is 4.79 Å². The Morgan fingerprint density at radius 2 is 2.21 bits per heavy atom. The highest BCUT2D eigenvalue weighted by Gasteiger charge is 2.19. The van der Waals surface area contributed by atoms with Crippen LogP contribution < -0.4 is 14.8 Å². The third-order valence-corrected chi connectivity index (χ3v) is 2.74. The zero-order chi connectivity index (χ0) is 14.4. The van der Waals surface area contributed by atoms with E-state index in [4.69, 9.17) is 26.2 Å². The van der Waals surface area contributed by atoms with Gasteiger partial charge in [-0.25, -0.2) is 4.79 Å². The summed E-state index contributed by atoms with van der Waals surface area (Å²) in [7, 11) is 1.49. The third kappa shape index (κ3) is 4.29. The lowest BCUT2D eigenvalue weighted by molar-refractivity contribution is -0.144.